The number of carbonyl (C=O) groups is 1. The average Bonchev–Trinajstić information content (AvgIpc) is 3.69. The monoisotopic (exact) mass is 595 g/mol. The SMILES string of the molecule is CCN(Cc1ccccc1)S(=O)(=O)c1ccc(C(=O)N(CC2CCCO2)c2nc3c(OC)ccc(OC)c3s2)cc1. The van der Waals surface area contributed by atoms with Gasteiger partial charge < -0.3 is 14.2 Å². The van der Waals surface area contributed by atoms with Crippen molar-refractivity contribution in [2.45, 2.75) is 37.3 Å². The fourth-order valence-electron chi connectivity index (χ4n) is 4.86. The van der Waals surface area contributed by atoms with E-state index in [1.54, 1.807) is 37.3 Å². The van der Waals surface area contributed by atoms with Crippen LogP contribution in [0.5, 0.6) is 11.5 Å². The average molecular weight is 596 g/mol. The van der Waals surface area contributed by atoms with Gasteiger partial charge in [-0.15, -0.1) is 0 Å². The van der Waals surface area contributed by atoms with Crippen molar-refractivity contribution >= 4 is 42.6 Å². The van der Waals surface area contributed by atoms with Crippen LogP contribution in [0.15, 0.2) is 71.6 Å². The summed E-state index contributed by atoms with van der Waals surface area (Å²) < 4.78 is 46.0. The lowest BCUT2D eigenvalue weighted by Gasteiger charge is -2.23. The van der Waals surface area contributed by atoms with E-state index in [0.29, 0.717) is 47.4 Å². The maximum absolute atomic E-state index is 13.9. The molecule has 1 unspecified atom stereocenters. The molecule has 0 radical (unpaired) electrons. The first kappa shape index (κ1) is 29.0. The highest BCUT2D eigenvalue weighted by Gasteiger charge is 2.29. The van der Waals surface area contributed by atoms with E-state index >= 15 is 0 Å². The number of anilines is 1. The van der Waals surface area contributed by atoms with E-state index in [4.69, 9.17) is 19.2 Å². The zero-order valence-electron chi connectivity index (χ0n) is 23.3. The highest BCUT2D eigenvalue weighted by atomic mass is 32.2. The first-order valence-electron chi connectivity index (χ1n) is 13.4. The molecule has 0 aliphatic carbocycles. The molecule has 0 N–H and O–H groups in total. The summed E-state index contributed by atoms with van der Waals surface area (Å²) in [6.07, 6.45) is 1.65. The van der Waals surface area contributed by atoms with Gasteiger partial charge in [-0.25, -0.2) is 13.4 Å². The standard InChI is InChI=1S/C30H33N3O6S2/c1-4-32(19-21-9-6-5-7-10-21)41(35,36)24-14-12-22(13-15-24)29(34)33(20-23-11-8-18-39-23)30-31-27-25(37-2)16-17-26(38-3)28(27)40-30/h5-7,9-10,12-17,23H,4,8,11,18-20H2,1-3H3. The minimum Gasteiger partial charge on any atom is -0.495 e. The van der Waals surface area contributed by atoms with Crippen LogP contribution in [0.1, 0.15) is 35.7 Å². The Kier molecular flexibility index (Phi) is 8.88. The molecule has 11 heteroatoms. The topological polar surface area (TPSA) is 98.3 Å². The fourth-order valence-corrected chi connectivity index (χ4v) is 7.38. The third-order valence-electron chi connectivity index (χ3n) is 7.08. The maximum atomic E-state index is 13.9. The Labute approximate surface area is 244 Å². The second-order valence-electron chi connectivity index (χ2n) is 9.64. The molecule has 5 rings (SSSR count). The van der Waals surface area contributed by atoms with Gasteiger partial charge in [0.05, 0.1) is 31.8 Å². The first-order valence-corrected chi connectivity index (χ1v) is 15.7. The van der Waals surface area contributed by atoms with E-state index < -0.39 is 10.0 Å². The van der Waals surface area contributed by atoms with Gasteiger partial charge >= 0.3 is 0 Å². The number of sulfonamides is 1. The largest absolute Gasteiger partial charge is 0.495 e. The Bertz CT molecular complexity index is 1560. The zero-order chi connectivity index (χ0) is 29.0. The number of thiazole rings is 1. The van der Waals surface area contributed by atoms with Crippen molar-refractivity contribution in [3.63, 3.8) is 0 Å². The van der Waals surface area contributed by atoms with E-state index in [1.165, 1.54) is 27.8 Å². The van der Waals surface area contributed by atoms with Crippen LogP contribution in [-0.4, -0.2) is 63.6 Å². The molecule has 0 saturated carbocycles. The lowest BCUT2D eigenvalue weighted by atomic mass is 10.2. The Morgan fingerprint density at radius 2 is 1.73 bits per heavy atom. The quantitative estimate of drug-likeness (QED) is 0.231. The number of rotatable bonds is 11. The molecule has 1 aliphatic heterocycles. The lowest BCUT2D eigenvalue weighted by Crippen LogP contribution is -2.37. The maximum Gasteiger partial charge on any atom is 0.260 e. The van der Waals surface area contributed by atoms with Gasteiger partial charge in [0, 0.05) is 25.3 Å². The Balaban J connectivity index is 1.45. The third-order valence-corrected chi connectivity index (χ3v) is 10.1. The predicted octanol–water partition coefficient (Wildman–Crippen LogP) is 5.35. The number of fused-ring (bicyclic) bond motifs is 1. The van der Waals surface area contributed by atoms with Crippen LogP contribution in [0.25, 0.3) is 10.2 Å². The van der Waals surface area contributed by atoms with E-state index in [-0.39, 0.29) is 23.5 Å². The smallest absolute Gasteiger partial charge is 0.260 e. The Hall–Kier alpha value is -3.51. The molecule has 41 heavy (non-hydrogen) atoms. The second-order valence-corrected chi connectivity index (χ2v) is 12.6. The van der Waals surface area contributed by atoms with Crippen molar-refractivity contribution in [1.29, 1.82) is 0 Å². The van der Waals surface area contributed by atoms with Gasteiger partial charge in [-0.1, -0.05) is 48.6 Å². The van der Waals surface area contributed by atoms with Crippen LogP contribution in [0, 0.1) is 0 Å². The minimum absolute atomic E-state index is 0.120. The summed E-state index contributed by atoms with van der Waals surface area (Å²) in [6.45, 7) is 3.36. The number of nitrogens with zero attached hydrogens (tertiary/aromatic N) is 3. The molecule has 216 valence electrons. The summed E-state index contributed by atoms with van der Waals surface area (Å²) in [7, 11) is -0.603. The van der Waals surface area contributed by atoms with Gasteiger partial charge in [0.1, 0.15) is 21.7 Å². The Morgan fingerprint density at radius 1 is 1.02 bits per heavy atom. The number of benzene rings is 3. The molecule has 3 aromatic carbocycles. The minimum atomic E-state index is -3.77. The molecule has 2 heterocycles. The number of ether oxygens (including phenoxy) is 3. The number of aromatic nitrogens is 1. The normalized spacial score (nSPS) is 15.4. The summed E-state index contributed by atoms with van der Waals surface area (Å²) in [5, 5.41) is 0.486. The second kappa shape index (κ2) is 12.6. The summed E-state index contributed by atoms with van der Waals surface area (Å²) in [5.41, 5.74) is 1.86. The van der Waals surface area contributed by atoms with E-state index in [2.05, 4.69) is 0 Å². The summed E-state index contributed by atoms with van der Waals surface area (Å²) in [4.78, 5) is 20.4. The van der Waals surface area contributed by atoms with Crippen LogP contribution in [0.2, 0.25) is 0 Å². The van der Waals surface area contributed by atoms with E-state index in [1.807, 2.05) is 43.3 Å². The predicted molar refractivity (Wildman–Crippen MR) is 160 cm³/mol. The van der Waals surface area contributed by atoms with Crippen molar-refractivity contribution in [2.75, 3.05) is 38.8 Å². The molecule has 0 bridgehead atoms. The van der Waals surface area contributed by atoms with Crippen molar-refractivity contribution in [2.24, 2.45) is 0 Å². The molecular weight excluding hydrogens is 562 g/mol. The molecule has 1 saturated heterocycles. The first-order chi connectivity index (χ1) is 19.8. The van der Waals surface area contributed by atoms with Crippen molar-refractivity contribution < 1.29 is 27.4 Å². The number of amides is 1. The van der Waals surface area contributed by atoms with Gasteiger partial charge in [-0.3, -0.25) is 9.69 Å². The van der Waals surface area contributed by atoms with Crippen LogP contribution >= 0.6 is 11.3 Å². The lowest BCUT2D eigenvalue weighted by molar-refractivity contribution is 0.0917. The van der Waals surface area contributed by atoms with Crippen LogP contribution < -0.4 is 14.4 Å². The number of methoxy groups -OCH3 is 2. The molecule has 1 aliphatic rings. The molecule has 1 fully saturated rings. The molecule has 0 spiro atoms. The molecule has 9 nitrogen and oxygen atoms in total. The summed E-state index contributed by atoms with van der Waals surface area (Å²) >= 11 is 1.34. The molecule has 1 amide bonds. The van der Waals surface area contributed by atoms with E-state index in [0.717, 1.165) is 23.1 Å². The number of hydrogen-bond acceptors (Lipinski definition) is 8. The molecule has 4 aromatic rings. The van der Waals surface area contributed by atoms with Gasteiger partial charge in [-0.2, -0.15) is 4.31 Å². The van der Waals surface area contributed by atoms with Crippen LogP contribution in [-0.2, 0) is 21.3 Å². The van der Waals surface area contributed by atoms with Gasteiger partial charge in [0.2, 0.25) is 10.0 Å². The van der Waals surface area contributed by atoms with Crippen LogP contribution in [0.3, 0.4) is 0 Å². The van der Waals surface area contributed by atoms with Gasteiger partial charge in [-0.05, 0) is 54.8 Å². The van der Waals surface area contributed by atoms with E-state index in [9.17, 15) is 13.2 Å². The Morgan fingerprint density at radius 3 is 2.37 bits per heavy atom. The molecule has 1 atom stereocenters. The highest BCUT2D eigenvalue weighted by Crippen LogP contribution is 2.40. The molecule has 1 aromatic heterocycles. The summed E-state index contributed by atoms with van der Waals surface area (Å²) in [6, 6.07) is 19.2. The number of carbonyl (C=O) groups excluding carboxylic acids is 1. The van der Waals surface area contributed by atoms with Crippen molar-refractivity contribution in [3.05, 3.63) is 77.9 Å². The fraction of sp³-hybridized carbons (Fsp3) is 0.333. The van der Waals surface area contributed by atoms with Gasteiger partial charge in [0.25, 0.3) is 5.91 Å². The van der Waals surface area contributed by atoms with Crippen LogP contribution in [0.4, 0.5) is 5.13 Å². The van der Waals surface area contributed by atoms with Crippen molar-refractivity contribution in [3.8, 4) is 11.5 Å². The molecular formula is C30H33N3O6S2. The zero-order valence-corrected chi connectivity index (χ0v) is 24.9. The highest BCUT2D eigenvalue weighted by molar-refractivity contribution is 7.89. The van der Waals surface area contributed by atoms with Gasteiger partial charge in [0.15, 0.2) is 5.13 Å². The summed E-state index contributed by atoms with van der Waals surface area (Å²) in [5.74, 6) is 0.927. The number of hydrogen-bond donors (Lipinski definition) is 0. The third kappa shape index (κ3) is 6.08. The van der Waals surface area contributed by atoms with Crippen molar-refractivity contribution in [1.82, 2.24) is 9.29 Å².